The molecular weight excluding hydrogens is 340 g/mol. The van der Waals surface area contributed by atoms with Crippen molar-refractivity contribution in [2.75, 3.05) is 7.11 Å². The van der Waals surface area contributed by atoms with Crippen LogP contribution in [0.2, 0.25) is 0 Å². The van der Waals surface area contributed by atoms with E-state index in [0.717, 1.165) is 16.8 Å². The number of nitrogens with zero attached hydrogens (tertiary/aromatic N) is 4. The van der Waals surface area contributed by atoms with Gasteiger partial charge in [-0.15, -0.1) is 5.10 Å². The maximum atomic E-state index is 11.7. The number of tetrazole rings is 1. The molecule has 0 saturated carbocycles. The van der Waals surface area contributed by atoms with Gasteiger partial charge in [0.2, 0.25) is 5.16 Å². The lowest BCUT2D eigenvalue weighted by Crippen LogP contribution is -2.02. The zero-order valence-corrected chi connectivity index (χ0v) is 15.3. The minimum Gasteiger partial charge on any atom is -0.465 e. The summed E-state index contributed by atoms with van der Waals surface area (Å²) in [4.78, 5) is 11.7. The van der Waals surface area contributed by atoms with Crippen molar-refractivity contribution in [3.05, 3.63) is 52.5 Å². The molecule has 7 nitrogen and oxygen atoms in total. The molecule has 0 radical (unpaired) electrons. The van der Waals surface area contributed by atoms with Crippen LogP contribution in [-0.2, 0) is 10.5 Å². The number of esters is 1. The largest absolute Gasteiger partial charge is 0.465 e. The summed E-state index contributed by atoms with van der Waals surface area (Å²) in [5.41, 5.74) is 3.60. The van der Waals surface area contributed by atoms with Gasteiger partial charge in [0.15, 0.2) is 0 Å². The number of rotatable bonds is 5. The summed E-state index contributed by atoms with van der Waals surface area (Å²) in [7, 11) is 1.35. The SMILES string of the molecule is COC(=O)c1cc(CSc2nnnn2-c2cc(C)ccc2C)oc1C. The lowest BCUT2D eigenvalue weighted by atomic mass is 10.1. The van der Waals surface area contributed by atoms with Crippen LogP contribution in [0, 0.1) is 20.8 Å². The van der Waals surface area contributed by atoms with E-state index in [1.165, 1.54) is 18.9 Å². The zero-order valence-electron chi connectivity index (χ0n) is 14.4. The Hall–Kier alpha value is -2.61. The van der Waals surface area contributed by atoms with Crippen molar-refractivity contribution in [2.24, 2.45) is 0 Å². The van der Waals surface area contributed by atoms with Crippen LogP contribution in [0.25, 0.3) is 5.69 Å². The fourth-order valence-corrected chi connectivity index (χ4v) is 3.20. The van der Waals surface area contributed by atoms with Crippen LogP contribution in [0.1, 0.15) is 33.0 Å². The fourth-order valence-electron chi connectivity index (χ4n) is 2.43. The van der Waals surface area contributed by atoms with Gasteiger partial charge in [0.05, 0.1) is 18.6 Å². The van der Waals surface area contributed by atoms with E-state index in [4.69, 9.17) is 9.15 Å². The molecule has 0 unspecified atom stereocenters. The number of benzene rings is 1. The molecule has 2 aromatic heterocycles. The molecule has 0 aliphatic rings. The first-order valence-corrected chi connectivity index (χ1v) is 8.64. The van der Waals surface area contributed by atoms with Gasteiger partial charge in [-0.05, 0) is 54.5 Å². The molecule has 0 aliphatic heterocycles. The van der Waals surface area contributed by atoms with Crippen LogP contribution in [0.5, 0.6) is 0 Å². The molecule has 0 amide bonds. The molecule has 1 aromatic carbocycles. The molecule has 0 bridgehead atoms. The van der Waals surface area contributed by atoms with Crippen LogP contribution in [0.3, 0.4) is 0 Å². The van der Waals surface area contributed by atoms with Gasteiger partial charge in [0.1, 0.15) is 17.1 Å². The summed E-state index contributed by atoms with van der Waals surface area (Å²) < 4.78 is 12.1. The molecule has 0 saturated heterocycles. The lowest BCUT2D eigenvalue weighted by Gasteiger charge is -2.08. The Morgan fingerprint density at radius 1 is 1.28 bits per heavy atom. The van der Waals surface area contributed by atoms with Crippen molar-refractivity contribution in [1.29, 1.82) is 0 Å². The quantitative estimate of drug-likeness (QED) is 0.511. The third kappa shape index (κ3) is 3.58. The van der Waals surface area contributed by atoms with Crippen LogP contribution >= 0.6 is 11.8 Å². The Morgan fingerprint density at radius 3 is 2.84 bits per heavy atom. The second-order valence-electron chi connectivity index (χ2n) is 5.63. The van der Waals surface area contributed by atoms with E-state index in [-0.39, 0.29) is 0 Å². The number of ether oxygens (including phenoxy) is 1. The molecule has 3 aromatic rings. The second kappa shape index (κ2) is 7.10. The van der Waals surface area contributed by atoms with Gasteiger partial charge < -0.3 is 9.15 Å². The average molecular weight is 358 g/mol. The Morgan fingerprint density at radius 2 is 2.08 bits per heavy atom. The summed E-state index contributed by atoms with van der Waals surface area (Å²) in [5.74, 6) is 1.30. The maximum Gasteiger partial charge on any atom is 0.341 e. The number of carbonyl (C=O) groups is 1. The maximum absolute atomic E-state index is 11.7. The first-order chi connectivity index (χ1) is 12.0. The molecule has 130 valence electrons. The van der Waals surface area contributed by atoms with Crippen LogP contribution < -0.4 is 0 Å². The highest BCUT2D eigenvalue weighted by atomic mass is 32.2. The molecule has 3 rings (SSSR count). The van der Waals surface area contributed by atoms with Crippen molar-refractivity contribution in [3.8, 4) is 5.69 Å². The number of aromatic nitrogens is 4. The van der Waals surface area contributed by atoms with Crippen LogP contribution in [-0.4, -0.2) is 33.3 Å². The molecule has 0 fully saturated rings. The first-order valence-electron chi connectivity index (χ1n) is 7.66. The third-order valence-electron chi connectivity index (χ3n) is 3.75. The number of hydrogen-bond acceptors (Lipinski definition) is 7. The van der Waals surface area contributed by atoms with Gasteiger partial charge in [-0.1, -0.05) is 23.9 Å². The number of hydrogen-bond donors (Lipinski definition) is 0. The summed E-state index contributed by atoms with van der Waals surface area (Å²) in [6.07, 6.45) is 0. The van der Waals surface area contributed by atoms with Crippen molar-refractivity contribution < 1.29 is 13.9 Å². The van der Waals surface area contributed by atoms with Gasteiger partial charge in [0, 0.05) is 0 Å². The lowest BCUT2D eigenvalue weighted by molar-refractivity contribution is 0.0599. The summed E-state index contributed by atoms with van der Waals surface area (Å²) in [6.45, 7) is 5.78. The smallest absolute Gasteiger partial charge is 0.341 e. The molecule has 0 aliphatic carbocycles. The topological polar surface area (TPSA) is 83.0 Å². The van der Waals surface area contributed by atoms with Crippen LogP contribution in [0.4, 0.5) is 0 Å². The van der Waals surface area contributed by atoms with Gasteiger partial charge >= 0.3 is 5.97 Å². The highest BCUT2D eigenvalue weighted by Gasteiger charge is 2.17. The summed E-state index contributed by atoms with van der Waals surface area (Å²) >= 11 is 1.44. The number of carbonyl (C=O) groups excluding carboxylic acids is 1. The monoisotopic (exact) mass is 358 g/mol. The van der Waals surface area contributed by atoms with Crippen molar-refractivity contribution in [2.45, 2.75) is 31.7 Å². The zero-order chi connectivity index (χ0) is 18.0. The van der Waals surface area contributed by atoms with E-state index in [9.17, 15) is 4.79 Å². The minimum absolute atomic E-state index is 0.405. The minimum atomic E-state index is -0.405. The second-order valence-corrected chi connectivity index (χ2v) is 6.57. The number of furan rings is 1. The predicted octanol–water partition coefficient (Wildman–Crippen LogP) is 3.26. The van der Waals surface area contributed by atoms with E-state index >= 15 is 0 Å². The molecular formula is C17H18N4O3S. The van der Waals surface area contributed by atoms with E-state index in [2.05, 4.69) is 21.6 Å². The van der Waals surface area contributed by atoms with Gasteiger partial charge in [-0.2, -0.15) is 4.68 Å². The third-order valence-corrected chi connectivity index (χ3v) is 4.69. The first kappa shape index (κ1) is 17.2. The van der Waals surface area contributed by atoms with E-state index in [1.807, 2.05) is 26.0 Å². The molecule has 8 heteroatoms. The standard InChI is InChI=1S/C17H18N4O3S/c1-10-5-6-11(2)15(7-10)21-17(18-19-20-21)25-9-13-8-14(12(3)24-13)16(22)23-4/h5-8H,9H2,1-4H3. The molecule has 2 heterocycles. The number of thioether (sulfide) groups is 1. The summed E-state index contributed by atoms with van der Waals surface area (Å²) in [5, 5.41) is 12.6. The van der Waals surface area contributed by atoms with Gasteiger partial charge in [0.25, 0.3) is 0 Å². The van der Waals surface area contributed by atoms with E-state index in [0.29, 0.717) is 28.0 Å². The number of methoxy groups -OCH3 is 1. The molecule has 25 heavy (non-hydrogen) atoms. The van der Waals surface area contributed by atoms with Crippen molar-refractivity contribution in [1.82, 2.24) is 20.2 Å². The fraction of sp³-hybridized carbons (Fsp3) is 0.294. The van der Waals surface area contributed by atoms with Crippen LogP contribution in [0.15, 0.2) is 33.8 Å². The Labute approximate surface area is 149 Å². The average Bonchev–Trinajstić information content (AvgIpc) is 3.20. The molecule has 0 atom stereocenters. The number of aryl methyl sites for hydroxylation is 3. The Kier molecular flexibility index (Phi) is 4.89. The summed E-state index contributed by atoms with van der Waals surface area (Å²) in [6, 6.07) is 7.83. The highest BCUT2D eigenvalue weighted by molar-refractivity contribution is 7.98. The van der Waals surface area contributed by atoms with Crippen molar-refractivity contribution in [3.63, 3.8) is 0 Å². The predicted molar refractivity (Wildman–Crippen MR) is 93.0 cm³/mol. The van der Waals surface area contributed by atoms with E-state index in [1.54, 1.807) is 17.7 Å². The van der Waals surface area contributed by atoms with Gasteiger partial charge in [-0.3, -0.25) is 0 Å². The molecule has 0 N–H and O–H groups in total. The Balaban J connectivity index is 1.81. The highest BCUT2D eigenvalue weighted by Crippen LogP contribution is 2.26. The Bertz CT molecular complexity index is 917. The van der Waals surface area contributed by atoms with Gasteiger partial charge in [-0.25, -0.2) is 4.79 Å². The normalized spacial score (nSPS) is 10.9. The molecule has 0 spiro atoms. The van der Waals surface area contributed by atoms with Crippen molar-refractivity contribution >= 4 is 17.7 Å². The van der Waals surface area contributed by atoms with E-state index < -0.39 is 5.97 Å².